The lowest BCUT2D eigenvalue weighted by molar-refractivity contribution is -0.137. The standard InChI is InChI=1S/C11H13N3O4/c1-14(6-9(15)16)10(17)7-2-4-8(5-3-7)13-11(12)18/h2-5H,6H2,1H3,(H,15,16)(H3,12,13,18). The van der Waals surface area contributed by atoms with Gasteiger partial charge in [0.1, 0.15) is 6.54 Å². The quantitative estimate of drug-likeness (QED) is 0.715. The minimum atomic E-state index is -1.09. The van der Waals surface area contributed by atoms with Crippen LogP contribution in [-0.2, 0) is 4.79 Å². The van der Waals surface area contributed by atoms with Crippen LogP contribution in [0.5, 0.6) is 0 Å². The van der Waals surface area contributed by atoms with Gasteiger partial charge in [0.15, 0.2) is 0 Å². The third-order valence-corrected chi connectivity index (χ3v) is 2.12. The summed E-state index contributed by atoms with van der Waals surface area (Å²) < 4.78 is 0. The highest BCUT2D eigenvalue weighted by Gasteiger charge is 2.14. The Kier molecular flexibility index (Phi) is 4.25. The SMILES string of the molecule is CN(CC(=O)O)C(=O)c1ccc(NC(N)=O)cc1. The van der Waals surface area contributed by atoms with E-state index < -0.39 is 17.9 Å². The maximum Gasteiger partial charge on any atom is 0.323 e. The van der Waals surface area contributed by atoms with Crippen molar-refractivity contribution in [2.75, 3.05) is 18.9 Å². The predicted octanol–water partition coefficient (Wildman–Crippen LogP) is 0.334. The molecule has 96 valence electrons. The molecule has 7 heteroatoms. The van der Waals surface area contributed by atoms with E-state index in [0.717, 1.165) is 4.90 Å². The van der Waals surface area contributed by atoms with E-state index >= 15 is 0 Å². The molecule has 1 rings (SSSR count). The number of amides is 3. The Labute approximate surface area is 103 Å². The molecular formula is C11H13N3O4. The molecule has 18 heavy (non-hydrogen) atoms. The van der Waals surface area contributed by atoms with Crippen LogP contribution >= 0.6 is 0 Å². The van der Waals surface area contributed by atoms with Crippen LogP contribution in [0, 0.1) is 0 Å². The fraction of sp³-hybridized carbons (Fsp3) is 0.182. The second-order valence-electron chi connectivity index (χ2n) is 3.62. The van der Waals surface area contributed by atoms with Gasteiger partial charge >= 0.3 is 12.0 Å². The van der Waals surface area contributed by atoms with E-state index in [2.05, 4.69) is 5.32 Å². The number of likely N-dealkylation sites (N-methyl/N-ethyl adjacent to an activating group) is 1. The number of hydrogen-bond acceptors (Lipinski definition) is 3. The second kappa shape index (κ2) is 5.67. The van der Waals surface area contributed by atoms with Crippen molar-refractivity contribution in [3.05, 3.63) is 29.8 Å². The first-order chi connectivity index (χ1) is 8.40. The summed E-state index contributed by atoms with van der Waals surface area (Å²) in [7, 11) is 1.39. The zero-order chi connectivity index (χ0) is 13.7. The topological polar surface area (TPSA) is 113 Å². The number of nitrogens with one attached hydrogen (secondary N) is 1. The molecule has 4 N–H and O–H groups in total. The van der Waals surface area contributed by atoms with E-state index in [1.165, 1.54) is 31.3 Å². The van der Waals surface area contributed by atoms with Crippen LogP contribution in [0.2, 0.25) is 0 Å². The number of nitrogens with zero attached hydrogens (tertiary/aromatic N) is 1. The van der Waals surface area contributed by atoms with Crippen molar-refractivity contribution >= 4 is 23.6 Å². The summed E-state index contributed by atoms with van der Waals surface area (Å²) in [5, 5.41) is 10.9. The van der Waals surface area contributed by atoms with Crippen LogP contribution in [-0.4, -0.2) is 41.5 Å². The third-order valence-electron chi connectivity index (χ3n) is 2.12. The normalized spacial score (nSPS) is 9.61. The molecule has 0 atom stereocenters. The zero-order valence-corrected chi connectivity index (χ0v) is 9.71. The molecule has 1 aromatic rings. The number of urea groups is 1. The molecule has 0 aliphatic rings. The Morgan fingerprint density at radius 2 is 1.83 bits per heavy atom. The number of anilines is 1. The number of carbonyl (C=O) groups excluding carboxylic acids is 2. The molecule has 0 aliphatic heterocycles. The van der Waals surface area contributed by atoms with E-state index in [1.807, 2.05) is 0 Å². The molecule has 0 bridgehead atoms. The molecule has 0 unspecified atom stereocenters. The van der Waals surface area contributed by atoms with Gasteiger partial charge < -0.3 is 21.1 Å². The van der Waals surface area contributed by atoms with E-state index in [9.17, 15) is 14.4 Å². The van der Waals surface area contributed by atoms with Crippen molar-refractivity contribution in [2.45, 2.75) is 0 Å². The first-order valence-corrected chi connectivity index (χ1v) is 5.04. The predicted molar refractivity (Wildman–Crippen MR) is 64.2 cm³/mol. The summed E-state index contributed by atoms with van der Waals surface area (Å²) in [4.78, 5) is 33.9. The molecule has 7 nitrogen and oxygen atoms in total. The van der Waals surface area contributed by atoms with Gasteiger partial charge in [0.25, 0.3) is 5.91 Å². The maximum atomic E-state index is 11.8. The van der Waals surface area contributed by atoms with E-state index in [0.29, 0.717) is 11.3 Å². The number of carboxylic acid groups (broad SMARTS) is 1. The molecule has 1 aromatic carbocycles. The number of aliphatic carboxylic acids is 1. The van der Waals surface area contributed by atoms with Crippen LogP contribution in [0.3, 0.4) is 0 Å². The largest absolute Gasteiger partial charge is 0.480 e. The number of rotatable bonds is 4. The summed E-state index contributed by atoms with van der Waals surface area (Å²) in [6.07, 6.45) is 0. The van der Waals surface area contributed by atoms with Gasteiger partial charge in [-0.15, -0.1) is 0 Å². The van der Waals surface area contributed by atoms with Gasteiger partial charge in [0, 0.05) is 18.3 Å². The van der Waals surface area contributed by atoms with Crippen molar-refractivity contribution in [3.8, 4) is 0 Å². The average Bonchev–Trinajstić information content (AvgIpc) is 2.27. The molecule has 0 heterocycles. The minimum absolute atomic E-state index is 0.328. The van der Waals surface area contributed by atoms with E-state index in [4.69, 9.17) is 10.8 Å². The first kappa shape index (κ1) is 13.5. The van der Waals surface area contributed by atoms with Crippen molar-refractivity contribution < 1.29 is 19.5 Å². The first-order valence-electron chi connectivity index (χ1n) is 5.04. The molecule has 0 radical (unpaired) electrons. The number of nitrogens with two attached hydrogens (primary N) is 1. The van der Waals surface area contributed by atoms with Crippen LogP contribution in [0.15, 0.2) is 24.3 Å². The molecule has 0 aromatic heterocycles. The smallest absolute Gasteiger partial charge is 0.323 e. The lowest BCUT2D eigenvalue weighted by Gasteiger charge is -2.14. The Hall–Kier alpha value is -2.57. The van der Waals surface area contributed by atoms with Crippen molar-refractivity contribution in [1.82, 2.24) is 4.90 Å². The monoisotopic (exact) mass is 251 g/mol. The van der Waals surface area contributed by atoms with Crippen LogP contribution in [0.25, 0.3) is 0 Å². The number of carbonyl (C=O) groups is 3. The van der Waals surface area contributed by atoms with Gasteiger partial charge in [-0.1, -0.05) is 0 Å². The molecule has 0 fully saturated rings. The zero-order valence-electron chi connectivity index (χ0n) is 9.71. The molecule has 0 saturated carbocycles. The summed E-state index contributed by atoms with van der Waals surface area (Å²) in [5.74, 6) is -1.50. The average molecular weight is 251 g/mol. The van der Waals surface area contributed by atoms with Gasteiger partial charge in [-0.05, 0) is 24.3 Å². The minimum Gasteiger partial charge on any atom is -0.480 e. The molecular weight excluding hydrogens is 238 g/mol. The van der Waals surface area contributed by atoms with Crippen LogP contribution in [0.1, 0.15) is 10.4 Å². The number of carboxylic acids is 1. The highest BCUT2D eigenvalue weighted by atomic mass is 16.4. The Morgan fingerprint density at radius 3 is 2.28 bits per heavy atom. The second-order valence-corrected chi connectivity index (χ2v) is 3.62. The fourth-order valence-electron chi connectivity index (χ4n) is 1.33. The fourth-order valence-corrected chi connectivity index (χ4v) is 1.33. The number of primary amides is 1. The molecule has 3 amide bonds. The van der Waals surface area contributed by atoms with Gasteiger partial charge in [-0.2, -0.15) is 0 Å². The van der Waals surface area contributed by atoms with Crippen molar-refractivity contribution in [1.29, 1.82) is 0 Å². The Bertz CT molecular complexity index is 470. The van der Waals surface area contributed by atoms with Crippen molar-refractivity contribution in [2.24, 2.45) is 5.73 Å². The number of benzene rings is 1. The van der Waals surface area contributed by atoms with Gasteiger partial charge in [-0.25, -0.2) is 4.79 Å². The van der Waals surface area contributed by atoms with Gasteiger partial charge in [0.05, 0.1) is 0 Å². The van der Waals surface area contributed by atoms with Crippen LogP contribution < -0.4 is 11.1 Å². The van der Waals surface area contributed by atoms with Crippen LogP contribution in [0.4, 0.5) is 10.5 Å². The molecule has 0 spiro atoms. The summed E-state index contributed by atoms with van der Waals surface area (Å²) in [5.41, 5.74) is 5.72. The van der Waals surface area contributed by atoms with E-state index in [-0.39, 0.29) is 6.54 Å². The maximum absolute atomic E-state index is 11.8. The third kappa shape index (κ3) is 3.78. The molecule has 0 saturated heterocycles. The highest BCUT2D eigenvalue weighted by Crippen LogP contribution is 2.10. The lowest BCUT2D eigenvalue weighted by Crippen LogP contribution is -2.31. The Morgan fingerprint density at radius 1 is 1.28 bits per heavy atom. The summed E-state index contributed by atoms with van der Waals surface area (Å²) in [6.45, 7) is -0.375. The Balaban J connectivity index is 2.75. The molecule has 0 aliphatic carbocycles. The summed E-state index contributed by atoms with van der Waals surface area (Å²) in [6, 6.07) is 5.27. The van der Waals surface area contributed by atoms with Crippen molar-refractivity contribution in [3.63, 3.8) is 0 Å². The highest BCUT2D eigenvalue weighted by molar-refractivity contribution is 5.96. The summed E-state index contributed by atoms with van der Waals surface area (Å²) >= 11 is 0. The van der Waals surface area contributed by atoms with Gasteiger partial charge in [0.2, 0.25) is 0 Å². The lowest BCUT2D eigenvalue weighted by atomic mass is 10.2. The number of hydrogen-bond donors (Lipinski definition) is 3. The van der Waals surface area contributed by atoms with Gasteiger partial charge in [-0.3, -0.25) is 9.59 Å². The van der Waals surface area contributed by atoms with E-state index in [1.54, 1.807) is 0 Å².